The number of para-hydroxylation sites is 2. The van der Waals surface area contributed by atoms with Gasteiger partial charge in [0, 0.05) is 11.4 Å². The second-order valence-electron chi connectivity index (χ2n) is 4.99. The molecule has 0 saturated heterocycles. The van der Waals surface area contributed by atoms with E-state index in [2.05, 4.69) is 26.1 Å². The average molecular weight is 353 g/mol. The van der Waals surface area contributed by atoms with Crippen LogP contribution in [-0.4, -0.2) is 22.1 Å². The van der Waals surface area contributed by atoms with Crippen LogP contribution >= 0.6 is 11.3 Å². The van der Waals surface area contributed by atoms with Crippen LogP contribution in [0.1, 0.15) is 14.8 Å². The van der Waals surface area contributed by atoms with Crippen LogP contribution in [0.25, 0.3) is 0 Å². The number of nitrogens with one attached hydrogen (secondary N) is 3. The fourth-order valence-electron chi connectivity index (χ4n) is 1.98. The fourth-order valence-corrected chi connectivity index (χ4v) is 2.65. The summed E-state index contributed by atoms with van der Waals surface area (Å²) in [5, 5.41) is 16.7. The van der Waals surface area contributed by atoms with Crippen LogP contribution in [0, 0.1) is 0 Å². The van der Waals surface area contributed by atoms with Crippen molar-refractivity contribution in [1.82, 2.24) is 15.5 Å². The molecule has 1 heterocycles. The van der Waals surface area contributed by atoms with E-state index in [4.69, 9.17) is 0 Å². The SMILES string of the molecule is O=C(NCc1nnc(C(=O)Nc2ccccc2)s1)Nc1ccccc1. The first kappa shape index (κ1) is 16.6. The standard InChI is InChI=1S/C17H15N5O2S/c23-15(19-12-7-3-1-4-8-12)16-22-21-14(25-16)11-18-17(24)20-13-9-5-2-6-10-13/h1-10H,11H2,(H,19,23)(H2,18,20,24). The first-order valence-electron chi connectivity index (χ1n) is 7.49. The van der Waals surface area contributed by atoms with Gasteiger partial charge in [0.25, 0.3) is 5.91 Å². The molecule has 25 heavy (non-hydrogen) atoms. The van der Waals surface area contributed by atoms with Crippen LogP contribution in [0.2, 0.25) is 0 Å². The van der Waals surface area contributed by atoms with Crippen molar-refractivity contribution in [3.05, 3.63) is 70.7 Å². The molecule has 0 saturated carbocycles. The average Bonchev–Trinajstić information content (AvgIpc) is 3.11. The van der Waals surface area contributed by atoms with Crippen LogP contribution in [0.15, 0.2) is 60.7 Å². The summed E-state index contributed by atoms with van der Waals surface area (Å²) < 4.78 is 0. The molecule has 3 aromatic rings. The predicted octanol–water partition coefficient (Wildman–Crippen LogP) is 3.11. The molecule has 7 nitrogen and oxygen atoms in total. The van der Waals surface area contributed by atoms with Gasteiger partial charge in [-0.15, -0.1) is 10.2 Å². The summed E-state index contributed by atoms with van der Waals surface area (Å²) in [5.74, 6) is -0.330. The lowest BCUT2D eigenvalue weighted by Crippen LogP contribution is -2.28. The monoisotopic (exact) mass is 353 g/mol. The lowest BCUT2D eigenvalue weighted by atomic mass is 10.3. The van der Waals surface area contributed by atoms with Crippen molar-refractivity contribution in [2.45, 2.75) is 6.54 Å². The van der Waals surface area contributed by atoms with Crippen molar-refractivity contribution in [2.24, 2.45) is 0 Å². The quantitative estimate of drug-likeness (QED) is 0.657. The fraction of sp³-hybridized carbons (Fsp3) is 0.0588. The van der Waals surface area contributed by atoms with Gasteiger partial charge in [-0.2, -0.15) is 0 Å². The number of carbonyl (C=O) groups is 2. The Kier molecular flexibility index (Phi) is 5.32. The first-order chi connectivity index (χ1) is 12.2. The van der Waals surface area contributed by atoms with Gasteiger partial charge in [-0.1, -0.05) is 47.7 Å². The summed E-state index contributed by atoms with van der Waals surface area (Å²) in [6, 6.07) is 17.9. The zero-order valence-electron chi connectivity index (χ0n) is 13.1. The van der Waals surface area contributed by atoms with Gasteiger partial charge in [0.15, 0.2) is 0 Å². The maximum Gasteiger partial charge on any atom is 0.319 e. The van der Waals surface area contributed by atoms with Gasteiger partial charge in [0.05, 0.1) is 6.54 Å². The van der Waals surface area contributed by atoms with E-state index < -0.39 is 0 Å². The molecule has 2 aromatic carbocycles. The highest BCUT2D eigenvalue weighted by molar-refractivity contribution is 7.13. The predicted molar refractivity (Wildman–Crippen MR) is 96.6 cm³/mol. The molecule has 0 spiro atoms. The second-order valence-corrected chi connectivity index (χ2v) is 6.06. The minimum absolute atomic E-state index is 0.189. The summed E-state index contributed by atoms with van der Waals surface area (Å²) >= 11 is 1.13. The summed E-state index contributed by atoms with van der Waals surface area (Å²) in [4.78, 5) is 23.9. The van der Waals surface area contributed by atoms with Gasteiger partial charge in [-0.05, 0) is 24.3 Å². The van der Waals surface area contributed by atoms with E-state index in [9.17, 15) is 9.59 Å². The Bertz CT molecular complexity index is 852. The maximum absolute atomic E-state index is 12.1. The van der Waals surface area contributed by atoms with E-state index in [1.807, 2.05) is 36.4 Å². The number of rotatable bonds is 5. The van der Waals surface area contributed by atoms with E-state index in [1.165, 1.54) is 0 Å². The maximum atomic E-state index is 12.1. The third kappa shape index (κ3) is 4.85. The van der Waals surface area contributed by atoms with Crippen molar-refractivity contribution in [3.63, 3.8) is 0 Å². The van der Waals surface area contributed by atoms with Gasteiger partial charge < -0.3 is 16.0 Å². The molecule has 1 aromatic heterocycles. The molecule has 0 aliphatic carbocycles. The highest BCUT2D eigenvalue weighted by Crippen LogP contribution is 2.13. The van der Waals surface area contributed by atoms with Gasteiger partial charge in [0.2, 0.25) is 5.01 Å². The summed E-state index contributed by atoms with van der Waals surface area (Å²) in [7, 11) is 0. The number of hydrogen-bond donors (Lipinski definition) is 3. The minimum Gasteiger partial charge on any atom is -0.331 e. The van der Waals surface area contributed by atoms with Crippen LogP contribution in [0.3, 0.4) is 0 Å². The van der Waals surface area contributed by atoms with Crippen molar-refractivity contribution < 1.29 is 9.59 Å². The van der Waals surface area contributed by atoms with E-state index in [1.54, 1.807) is 24.3 Å². The number of anilines is 2. The van der Waals surface area contributed by atoms with Crippen LogP contribution in [0.4, 0.5) is 16.2 Å². The molecule has 3 N–H and O–H groups in total. The van der Waals surface area contributed by atoms with Gasteiger partial charge in [0.1, 0.15) is 5.01 Å². The summed E-state index contributed by atoms with van der Waals surface area (Å²) in [5.41, 5.74) is 1.38. The minimum atomic E-state index is -0.350. The molecule has 0 aliphatic rings. The smallest absolute Gasteiger partial charge is 0.319 e. The van der Waals surface area contributed by atoms with Gasteiger partial charge >= 0.3 is 6.03 Å². The molecular formula is C17H15N5O2S. The Hall–Kier alpha value is -3.26. The van der Waals surface area contributed by atoms with Crippen LogP contribution in [-0.2, 0) is 6.54 Å². The van der Waals surface area contributed by atoms with Crippen LogP contribution in [0.5, 0.6) is 0 Å². The number of aromatic nitrogens is 2. The van der Waals surface area contributed by atoms with Gasteiger partial charge in [-0.25, -0.2) is 4.79 Å². The molecule has 3 rings (SSSR count). The van der Waals surface area contributed by atoms with E-state index in [0.29, 0.717) is 16.4 Å². The summed E-state index contributed by atoms with van der Waals surface area (Å²) in [6.45, 7) is 0.189. The Balaban J connectivity index is 1.51. The van der Waals surface area contributed by atoms with Gasteiger partial charge in [-0.3, -0.25) is 4.79 Å². The number of carbonyl (C=O) groups excluding carboxylic acids is 2. The Morgan fingerprint density at radius 3 is 2.08 bits per heavy atom. The zero-order valence-corrected chi connectivity index (χ0v) is 13.9. The molecular weight excluding hydrogens is 338 g/mol. The number of amides is 3. The lowest BCUT2D eigenvalue weighted by molar-refractivity contribution is 0.102. The number of nitrogens with zero attached hydrogens (tertiary/aromatic N) is 2. The van der Waals surface area contributed by atoms with Crippen molar-refractivity contribution in [2.75, 3.05) is 10.6 Å². The Morgan fingerprint density at radius 1 is 0.840 bits per heavy atom. The Labute approximate surface area is 148 Å². The number of hydrogen-bond acceptors (Lipinski definition) is 5. The third-order valence-corrected chi connectivity index (χ3v) is 4.05. The molecule has 0 radical (unpaired) electrons. The number of urea groups is 1. The zero-order chi connectivity index (χ0) is 17.5. The molecule has 0 atom stereocenters. The second kappa shape index (κ2) is 8.02. The van der Waals surface area contributed by atoms with E-state index >= 15 is 0 Å². The summed E-state index contributed by atoms with van der Waals surface area (Å²) in [6.07, 6.45) is 0. The highest BCUT2D eigenvalue weighted by atomic mass is 32.1. The van der Waals surface area contributed by atoms with E-state index in [0.717, 1.165) is 11.3 Å². The molecule has 8 heteroatoms. The van der Waals surface area contributed by atoms with E-state index in [-0.39, 0.29) is 23.5 Å². The Morgan fingerprint density at radius 2 is 1.44 bits per heavy atom. The number of benzene rings is 2. The molecule has 0 aliphatic heterocycles. The normalized spacial score (nSPS) is 10.1. The third-order valence-electron chi connectivity index (χ3n) is 3.12. The van der Waals surface area contributed by atoms with Crippen molar-refractivity contribution >= 4 is 34.6 Å². The van der Waals surface area contributed by atoms with Crippen molar-refractivity contribution in [1.29, 1.82) is 0 Å². The first-order valence-corrected chi connectivity index (χ1v) is 8.31. The highest BCUT2D eigenvalue weighted by Gasteiger charge is 2.13. The molecule has 0 fully saturated rings. The molecule has 0 bridgehead atoms. The largest absolute Gasteiger partial charge is 0.331 e. The lowest BCUT2D eigenvalue weighted by Gasteiger charge is -2.05. The van der Waals surface area contributed by atoms with Crippen molar-refractivity contribution in [3.8, 4) is 0 Å². The molecule has 0 unspecified atom stereocenters. The molecule has 126 valence electrons. The topological polar surface area (TPSA) is 96.0 Å². The van der Waals surface area contributed by atoms with Crippen LogP contribution < -0.4 is 16.0 Å². The molecule has 3 amide bonds.